The molecular weight excluding hydrogens is 510 g/mol. The lowest BCUT2D eigenvalue weighted by molar-refractivity contribution is -0.0262. The van der Waals surface area contributed by atoms with E-state index in [1.165, 1.54) is 4.90 Å². The molecule has 6 nitrogen and oxygen atoms in total. The van der Waals surface area contributed by atoms with Gasteiger partial charge in [0.2, 0.25) is 0 Å². The third-order valence-electron chi connectivity index (χ3n) is 8.12. The van der Waals surface area contributed by atoms with Gasteiger partial charge in [-0.2, -0.15) is 0 Å². The molecule has 1 aliphatic heterocycles. The number of halogens is 1. The predicted octanol–water partition coefficient (Wildman–Crippen LogP) is 5.02. The summed E-state index contributed by atoms with van der Waals surface area (Å²) in [7, 11) is 1.69. The molecule has 208 valence electrons. The molecule has 1 aliphatic rings. The number of nitrogens with zero attached hydrogens (tertiary/aromatic N) is 2. The van der Waals surface area contributed by atoms with Gasteiger partial charge in [-0.3, -0.25) is 0 Å². The van der Waals surface area contributed by atoms with Gasteiger partial charge in [-0.05, 0) is 61.1 Å². The van der Waals surface area contributed by atoms with Crippen LogP contribution in [0.15, 0.2) is 84.9 Å². The largest absolute Gasteiger partial charge is 0.395 e. The normalized spacial score (nSPS) is 15.6. The summed E-state index contributed by atoms with van der Waals surface area (Å²) in [5.74, 6) is 0. The molecule has 1 saturated heterocycles. The summed E-state index contributed by atoms with van der Waals surface area (Å²) in [6, 6.07) is 28.1. The van der Waals surface area contributed by atoms with E-state index in [9.17, 15) is 15.0 Å². The van der Waals surface area contributed by atoms with Crippen LogP contribution in [-0.2, 0) is 11.0 Å². The molecule has 2 amide bonds. The number of aliphatic hydroxyl groups is 2. The Kier molecular flexibility index (Phi) is 10.0. The number of carbonyl (C=O) groups is 1. The highest BCUT2D eigenvalue weighted by Crippen LogP contribution is 2.38. The van der Waals surface area contributed by atoms with Gasteiger partial charge in [0.25, 0.3) is 0 Å². The van der Waals surface area contributed by atoms with Crippen molar-refractivity contribution >= 4 is 17.6 Å². The SMILES string of the molecule is CN(CCO)C(=O)NCC(CCCN1CCC(O)(c2ccc(Cl)cc2)CC1)(c1ccccc1)c1ccccc1. The van der Waals surface area contributed by atoms with E-state index in [1.54, 1.807) is 7.05 Å². The molecule has 0 bridgehead atoms. The first kappa shape index (κ1) is 29.1. The molecule has 0 aromatic heterocycles. The van der Waals surface area contributed by atoms with Crippen molar-refractivity contribution in [3.8, 4) is 0 Å². The number of benzene rings is 3. The monoisotopic (exact) mass is 549 g/mol. The lowest BCUT2D eigenvalue weighted by atomic mass is 9.71. The third-order valence-corrected chi connectivity index (χ3v) is 8.37. The van der Waals surface area contributed by atoms with Crippen LogP contribution in [0.1, 0.15) is 42.4 Å². The zero-order valence-corrected chi connectivity index (χ0v) is 23.5. The maximum Gasteiger partial charge on any atom is 0.317 e. The number of hydrogen-bond acceptors (Lipinski definition) is 4. The number of hydrogen-bond donors (Lipinski definition) is 3. The maximum atomic E-state index is 12.8. The number of rotatable bonds is 11. The molecule has 0 atom stereocenters. The lowest BCUT2D eigenvalue weighted by Gasteiger charge is -2.40. The van der Waals surface area contributed by atoms with Crippen LogP contribution < -0.4 is 5.32 Å². The van der Waals surface area contributed by atoms with Crippen LogP contribution in [0.5, 0.6) is 0 Å². The zero-order valence-electron chi connectivity index (χ0n) is 22.7. The average molecular weight is 550 g/mol. The quantitative estimate of drug-likeness (QED) is 0.314. The third kappa shape index (κ3) is 7.20. The van der Waals surface area contributed by atoms with Gasteiger partial charge in [0.15, 0.2) is 0 Å². The van der Waals surface area contributed by atoms with E-state index in [0.29, 0.717) is 24.4 Å². The van der Waals surface area contributed by atoms with Crippen LogP contribution in [0.4, 0.5) is 4.79 Å². The second-order valence-electron chi connectivity index (χ2n) is 10.6. The van der Waals surface area contributed by atoms with Crippen molar-refractivity contribution in [1.82, 2.24) is 15.1 Å². The Bertz CT molecular complexity index is 1130. The molecule has 1 fully saturated rings. The van der Waals surface area contributed by atoms with Gasteiger partial charge in [0, 0.05) is 43.7 Å². The van der Waals surface area contributed by atoms with Crippen molar-refractivity contribution < 1.29 is 15.0 Å². The fraction of sp³-hybridized carbons (Fsp3) is 0.406. The minimum absolute atomic E-state index is 0.0740. The number of piperidine rings is 1. The van der Waals surface area contributed by atoms with E-state index >= 15 is 0 Å². The number of urea groups is 1. The van der Waals surface area contributed by atoms with E-state index in [4.69, 9.17) is 11.6 Å². The molecular formula is C32H40ClN3O3. The van der Waals surface area contributed by atoms with E-state index in [-0.39, 0.29) is 19.2 Å². The highest BCUT2D eigenvalue weighted by Gasteiger charge is 2.36. The van der Waals surface area contributed by atoms with Crippen molar-refractivity contribution in [2.45, 2.75) is 36.7 Å². The number of likely N-dealkylation sites (N-methyl/N-ethyl adjacent to an activating group) is 1. The van der Waals surface area contributed by atoms with Crippen LogP contribution in [0.3, 0.4) is 0 Å². The molecule has 3 N–H and O–H groups in total. The molecule has 0 unspecified atom stereocenters. The number of aliphatic hydroxyl groups excluding tert-OH is 1. The Balaban J connectivity index is 1.47. The van der Waals surface area contributed by atoms with E-state index in [1.807, 2.05) is 36.4 Å². The summed E-state index contributed by atoms with van der Waals surface area (Å²) in [4.78, 5) is 16.8. The predicted molar refractivity (Wildman–Crippen MR) is 157 cm³/mol. The molecule has 39 heavy (non-hydrogen) atoms. The van der Waals surface area contributed by atoms with Crippen molar-refractivity contribution in [2.24, 2.45) is 0 Å². The second kappa shape index (κ2) is 13.4. The molecule has 0 radical (unpaired) electrons. The van der Waals surface area contributed by atoms with Gasteiger partial charge in [0.05, 0.1) is 12.2 Å². The number of carbonyl (C=O) groups excluding carboxylic acids is 1. The van der Waals surface area contributed by atoms with E-state index < -0.39 is 11.0 Å². The van der Waals surface area contributed by atoms with Gasteiger partial charge < -0.3 is 25.3 Å². The van der Waals surface area contributed by atoms with Crippen molar-refractivity contribution in [3.63, 3.8) is 0 Å². The van der Waals surface area contributed by atoms with E-state index in [2.05, 4.69) is 58.7 Å². The molecule has 3 aromatic rings. The smallest absolute Gasteiger partial charge is 0.317 e. The molecule has 4 rings (SSSR count). The zero-order chi connectivity index (χ0) is 27.7. The summed E-state index contributed by atoms with van der Waals surface area (Å²) in [5.41, 5.74) is 2.04. The fourth-order valence-corrected chi connectivity index (χ4v) is 5.80. The summed E-state index contributed by atoms with van der Waals surface area (Å²) in [6.07, 6.45) is 3.16. The van der Waals surface area contributed by atoms with E-state index in [0.717, 1.165) is 49.2 Å². The second-order valence-corrected chi connectivity index (χ2v) is 11.0. The molecule has 3 aromatic carbocycles. The molecule has 0 saturated carbocycles. The maximum absolute atomic E-state index is 12.8. The number of nitrogens with one attached hydrogen (secondary N) is 1. The van der Waals surface area contributed by atoms with Gasteiger partial charge in [-0.25, -0.2) is 4.79 Å². The first-order valence-corrected chi connectivity index (χ1v) is 14.2. The van der Waals surface area contributed by atoms with Crippen molar-refractivity contribution in [2.75, 3.05) is 46.4 Å². The van der Waals surface area contributed by atoms with Crippen molar-refractivity contribution in [3.05, 3.63) is 107 Å². The summed E-state index contributed by atoms with van der Waals surface area (Å²) in [6.45, 7) is 3.22. The van der Waals surface area contributed by atoms with Crippen LogP contribution in [0, 0.1) is 0 Å². The molecule has 7 heteroatoms. The summed E-state index contributed by atoms with van der Waals surface area (Å²) in [5, 5.41) is 24.4. The van der Waals surface area contributed by atoms with Gasteiger partial charge in [-0.1, -0.05) is 84.4 Å². The number of likely N-dealkylation sites (tertiary alicyclic amines) is 1. The Hall–Kier alpha value is -2.90. The Morgan fingerprint density at radius 1 is 0.974 bits per heavy atom. The fourth-order valence-electron chi connectivity index (χ4n) is 5.68. The Morgan fingerprint density at radius 2 is 1.54 bits per heavy atom. The minimum atomic E-state index is -0.816. The van der Waals surface area contributed by atoms with Crippen LogP contribution >= 0.6 is 11.6 Å². The first-order valence-electron chi connectivity index (χ1n) is 13.8. The van der Waals surface area contributed by atoms with Gasteiger partial charge in [0.1, 0.15) is 0 Å². The molecule has 1 heterocycles. The minimum Gasteiger partial charge on any atom is -0.395 e. The average Bonchev–Trinajstić information content (AvgIpc) is 2.97. The first-order chi connectivity index (χ1) is 18.9. The highest BCUT2D eigenvalue weighted by molar-refractivity contribution is 6.30. The van der Waals surface area contributed by atoms with Gasteiger partial charge in [-0.15, -0.1) is 0 Å². The lowest BCUT2D eigenvalue weighted by Crippen LogP contribution is -2.47. The Labute approximate surface area is 237 Å². The molecule has 0 spiro atoms. The van der Waals surface area contributed by atoms with Crippen LogP contribution in [-0.4, -0.2) is 72.4 Å². The van der Waals surface area contributed by atoms with Crippen LogP contribution in [0.2, 0.25) is 5.02 Å². The number of amides is 2. The summed E-state index contributed by atoms with van der Waals surface area (Å²) >= 11 is 6.05. The molecule has 0 aliphatic carbocycles. The highest BCUT2D eigenvalue weighted by atomic mass is 35.5. The van der Waals surface area contributed by atoms with Gasteiger partial charge >= 0.3 is 6.03 Å². The Morgan fingerprint density at radius 3 is 2.08 bits per heavy atom. The summed E-state index contributed by atoms with van der Waals surface area (Å²) < 4.78 is 0. The van der Waals surface area contributed by atoms with Crippen molar-refractivity contribution in [1.29, 1.82) is 0 Å². The topological polar surface area (TPSA) is 76.0 Å². The van der Waals surface area contributed by atoms with Crippen LogP contribution in [0.25, 0.3) is 0 Å². The standard InChI is InChI=1S/C32H40ClN3O3/c1-35(23-24-37)30(38)34-25-31(26-9-4-2-5-10-26,27-11-6-3-7-12-27)17-8-20-36-21-18-32(39,19-22-36)28-13-15-29(33)16-14-28/h2-7,9-16,37,39H,8,17-25H2,1H3,(H,34,38).